The van der Waals surface area contributed by atoms with Gasteiger partial charge in [-0.1, -0.05) is 38.1 Å². The molecule has 0 aliphatic carbocycles. The van der Waals surface area contributed by atoms with Gasteiger partial charge in [-0.25, -0.2) is 0 Å². The van der Waals surface area contributed by atoms with Crippen LogP contribution in [0.1, 0.15) is 51.3 Å². The molecule has 0 saturated heterocycles. The van der Waals surface area contributed by atoms with Crippen molar-refractivity contribution in [1.29, 1.82) is 5.26 Å². The molecule has 0 saturated carbocycles. The van der Waals surface area contributed by atoms with Crippen LogP contribution in [0.4, 0.5) is 0 Å². The molecule has 98 valence electrons. The molecule has 0 aromatic heterocycles. The SMILES string of the molecule is CCc1ccc(C(CC)NCC(C)(C)C#N)cc1. The minimum Gasteiger partial charge on any atom is -0.308 e. The van der Waals surface area contributed by atoms with E-state index in [-0.39, 0.29) is 5.41 Å². The van der Waals surface area contributed by atoms with E-state index in [9.17, 15) is 0 Å². The number of hydrogen-bond donors (Lipinski definition) is 1. The number of aryl methyl sites for hydroxylation is 1. The van der Waals surface area contributed by atoms with Crippen LogP contribution in [0.25, 0.3) is 0 Å². The van der Waals surface area contributed by atoms with Crippen LogP contribution in [0.3, 0.4) is 0 Å². The molecule has 1 N–H and O–H groups in total. The lowest BCUT2D eigenvalue weighted by Gasteiger charge is -2.23. The average molecular weight is 244 g/mol. The van der Waals surface area contributed by atoms with Gasteiger partial charge < -0.3 is 5.32 Å². The van der Waals surface area contributed by atoms with Gasteiger partial charge in [0.2, 0.25) is 0 Å². The maximum absolute atomic E-state index is 9.03. The Morgan fingerprint density at radius 1 is 1.22 bits per heavy atom. The van der Waals surface area contributed by atoms with Crippen LogP contribution < -0.4 is 5.32 Å². The van der Waals surface area contributed by atoms with Gasteiger partial charge in [-0.3, -0.25) is 0 Å². The molecular formula is C16H24N2. The van der Waals surface area contributed by atoms with Crippen LogP contribution in [0.5, 0.6) is 0 Å². The van der Waals surface area contributed by atoms with Crippen molar-refractivity contribution in [2.45, 2.75) is 46.6 Å². The van der Waals surface area contributed by atoms with E-state index < -0.39 is 0 Å². The first-order chi connectivity index (χ1) is 8.52. The summed E-state index contributed by atoms with van der Waals surface area (Å²) in [4.78, 5) is 0. The predicted octanol–water partition coefficient (Wildman–Crippen LogP) is 3.84. The highest BCUT2D eigenvalue weighted by Crippen LogP contribution is 2.20. The van der Waals surface area contributed by atoms with E-state index in [4.69, 9.17) is 5.26 Å². The summed E-state index contributed by atoms with van der Waals surface area (Å²) < 4.78 is 0. The standard InChI is InChI=1S/C16H24N2/c1-5-13-7-9-14(10-8-13)15(6-2)18-12-16(3,4)11-17/h7-10,15,18H,5-6,12H2,1-4H3. The molecule has 0 spiro atoms. The summed E-state index contributed by atoms with van der Waals surface area (Å²) in [6.45, 7) is 8.99. The normalized spacial score (nSPS) is 13.1. The zero-order valence-electron chi connectivity index (χ0n) is 12.0. The highest BCUT2D eigenvalue weighted by Gasteiger charge is 2.18. The van der Waals surface area contributed by atoms with Crippen molar-refractivity contribution in [2.24, 2.45) is 5.41 Å². The second-order valence-corrected chi connectivity index (χ2v) is 5.43. The van der Waals surface area contributed by atoms with Crippen LogP contribution >= 0.6 is 0 Å². The van der Waals surface area contributed by atoms with Gasteiger partial charge in [0.1, 0.15) is 0 Å². The van der Waals surface area contributed by atoms with Crippen molar-refractivity contribution >= 4 is 0 Å². The lowest BCUT2D eigenvalue weighted by Crippen LogP contribution is -2.31. The molecule has 0 heterocycles. The van der Waals surface area contributed by atoms with Crippen LogP contribution in [0.15, 0.2) is 24.3 Å². The minimum absolute atomic E-state index is 0.309. The fourth-order valence-electron chi connectivity index (χ4n) is 1.90. The van der Waals surface area contributed by atoms with Gasteiger partial charge in [0, 0.05) is 12.6 Å². The first-order valence-corrected chi connectivity index (χ1v) is 6.76. The van der Waals surface area contributed by atoms with Gasteiger partial charge in [-0.05, 0) is 37.8 Å². The molecule has 0 amide bonds. The van der Waals surface area contributed by atoms with E-state index >= 15 is 0 Å². The van der Waals surface area contributed by atoms with E-state index in [1.807, 2.05) is 13.8 Å². The Hall–Kier alpha value is -1.33. The van der Waals surface area contributed by atoms with Gasteiger partial charge >= 0.3 is 0 Å². The zero-order valence-corrected chi connectivity index (χ0v) is 12.0. The first kappa shape index (κ1) is 14.7. The van der Waals surface area contributed by atoms with Crippen LogP contribution in [-0.4, -0.2) is 6.54 Å². The lowest BCUT2D eigenvalue weighted by atomic mass is 9.94. The Kier molecular flexibility index (Phi) is 5.37. The predicted molar refractivity (Wildman–Crippen MR) is 76.2 cm³/mol. The summed E-state index contributed by atoms with van der Waals surface area (Å²) in [6.07, 6.45) is 2.11. The van der Waals surface area contributed by atoms with Crippen molar-refractivity contribution in [3.05, 3.63) is 35.4 Å². The quantitative estimate of drug-likeness (QED) is 0.825. The fourth-order valence-corrected chi connectivity index (χ4v) is 1.90. The number of nitrogens with one attached hydrogen (secondary N) is 1. The van der Waals surface area contributed by atoms with Crippen molar-refractivity contribution in [3.63, 3.8) is 0 Å². The second kappa shape index (κ2) is 6.56. The number of nitrogens with zero attached hydrogens (tertiary/aromatic N) is 1. The summed E-state index contributed by atoms with van der Waals surface area (Å²) in [5.41, 5.74) is 2.37. The topological polar surface area (TPSA) is 35.8 Å². The molecule has 1 aromatic carbocycles. The summed E-state index contributed by atoms with van der Waals surface area (Å²) in [5, 5.41) is 12.5. The van der Waals surface area contributed by atoms with Gasteiger partial charge in [-0.15, -0.1) is 0 Å². The summed E-state index contributed by atoms with van der Waals surface area (Å²) in [7, 11) is 0. The lowest BCUT2D eigenvalue weighted by molar-refractivity contribution is 0.398. The Balaban J connectivity index is 2.68. The van der Waals surface area contributed by atoms with Gasteiger partial charge in [-0.2, -0.15) is 5.26 Å². The Morgan fingerprint density at radius 3 is 2.28 bits per heavy atom. The van der Waals surface area contributed by atoms with E-state index in [1.54, 1.807) is 0 Å². The van der Waals surface area contributed by atoms with E-state index in [0.29, 0.717) is 6.04 Å². The number of hydrogen-bond acceptors (Lipinski definition) is 2. The Bertz CT molecular complexity index is 398. The third-order valence-electron chi connectivity index (χ3n) is 3.29. The Labute approximate surface area is 111 Å². The van der Waals surface area contributed by atoms with Crippen molar-refractivity contribution in [2.75, 3.05) is 6.54 Å². The maximum atomic E-state index is 9.03. The minimum atomic E-state index is -0.309. The van der Waals surface area contributed by atoms with Crippen molar-refractivity contribution < 1.29 is 0 Å². The number of nitriles is 1. The van der Waals surface area contributed by atoms with E-state index in [2.05, 4.69) is 49.5 Å². The number of rotatable bonds is 6. The van der Waals surface area contributed by atoms with Gasteiger partial charge in [0.05, 0.1) is 11.5 Å². The molecule has 0 aliphatic heterocycles. The van der Waals surface area contributed by atoms with Crippen LogP contribution in [-0.2, 0) is 6.42 Å². The molecule has 1 rings (SSSR count). The molecule has 0 aliphatic rings. The average Bonchev–Trinajstić information content (AvgIpc) is 2.40. The molecule has 18 heavy (non-hydrogen) atoms. The molecule has 0 fully saturated rings. The third kappa shape index (κ3) is 4.16. The molecule has 1 aromatic rings. The Morgan fingerprint density at radius 2 is 1.83 bits per heavy atom. The fraction of sp³-hybridized carbons (Fsp3) is 0.562. The largest absolute Gasteiger partial charge is 0.308 e. The zero-order chi connectivity index (χ0) is 13.6. The summed E-state index contributed by atoms with van der Waals surface area (Å²) >= 11 is 0. The molecule has 0 bridgehead atoms. The smallest absolute Gasteiger partial charge is 0.0697 e. The van der Waals surface area contributed by atoms with E-state index in [1.165, 1.54) is 11.1 Å². The summed E-state index contributed by atoms with van der Waals surface area (Å²) in [5.74, 6) is 0. The van der Waals surface area contributed by atoms with Crippen molar-refractivity contribution in [3.8, 4) is 6.07 Å². The van der Waals surface area contributed by atoms with Crippen LogP contribution in [0, 0.1) is 16.7 Å². The third-order valence-corrected chi connectivity index (χ3v) is 3.29. The molecular weight excluding hydrogens is 220 g/mol. The molecule has 1 unspecified atom stereocenters. The highest BCUT2D eigenvalue weighted by atomic mass is 14.9. The molecule has 0 radical (unpaired) electrons. The number of benzene rings is 1. The molecule has 1 atom stereocenters. The van der Waals surface area contributed by atoms with E-state index in [0.717, 1.165) is 19.4 Å². The first-order valence-electron chi connectivity index (χ1n) is 6.76. The second-order valence-electron chi connectivity index (χ2n) is 5.43. The molecule has 2 nitrogen and oxygen atoms in total. The monoisotopic (exact) mass is 244 g/mol. The van der Waals surface area contributed by atoms with Crippen molar-refractivity contribution in [1.82, 2.24) is 5.32 Å². The summed E-state index contributed by atoms with van der Waals surface area (Å²) in [6, 6.07) is 11.4. The van der Waals surface area contributed by atoms with Gasteiger partial charge in [0.15, 0.2) is 0 Å². The highest BCUT2D eigenvalue weighted by molar-refractivity contribution is 5.25. The van der Waals surface area contributed by atoms with Crippen LogP contribution in [0.2, 0.25) is 0 Å². The maximum Gasteiger partial charge on any atom is 0.0697 e. The van der Waals surface area contributed by atoms with Gasteiger partial charge in [0.25, 0.3) is 0 Å². The molecule has 2 heteroatoms.